The van der Waals surface area contributed by atoms with Crippen molar-refractivity contribution in [1.29, 1.82) is 0 Å². The Kier molecular flexibility index (Phi) is 6.15. The summed E-state index contributed by atoms with van der Waals surface area (Å²) in [6.07, 6.45) is 0. The zero-order valence-electron chi connectivity index (χ0n) is 19.0. The van der Waals surface area contributed by atoms with Crippen LogP contribution in [0.25, 0.3) is 22.3 Å². The molecule has 3 aromatic rings. The Labute approximate surface area is 190 Å². The molecule has 30 heavy (non-hydrogen) atoms. The number of benzene rings is 3. The second-order valence-electron chi connectivity index (χ2n) is 8.22. The van der Waals surface area contributed by atoms with Crippen LogP contribution < -0.4 is 43.7 Å². The first-order chi connectivity index (χ1) is 14.0. The third kappa shape index (κ3) is 3.37. The van der Waals surface area contributed by atoms with Gasteiger partial charge in [-0.15, -0.1) is 16.4 Å². The van der Waals surface area contributed by atoms with Crippen molar-refractivity contribution in [3.8, 4) is 22.3 Å². The molecule has 0 heterocycles. The topological polar surface area (TPSA) is 43.1 Å². The molecule has 0 bridgehead atoms. The lowest BCUT2D eigenvalue weighted by Crippen LogP contribution is -2.55. The molecular formula is C18H20B8ClNO2. The van der Waals surface area contributed by atoms with Gasteiger partial charge in [0.25, 0.3) is 5.69 Å². The molecule has 0 radical (unpaired) electrons. The summed E-state index contributed by atoms with van der Waals surface area (Å²) in [5.74, 6) is 0. The monoisotopic (exact) mass is 405 g/mol. The van der Waals surface area contributed by atoms with Gasteiger partial charge >= 0.3 is 0 Å². The standard InChI is InChI=1S/C18H20B8ClNO2/c19-9-7(10(20)13(23)14(24)12(9)22)5-3-1-2-4-6(5)8-11(21)17(27)15(25)16(26)18(8)28(29)30/h1-4H,19-26H2. The van der Waals surface area contributed by atoms with Crippen molar-refractivity contribution in [2.75, 3.05) is 0 Å². The van der Waals surface area contributed by atoms with Gasteiger partial charge in [-0.25, -0.2) is 0 Å². The van der Waals surface area contributed by atoms with Gasteiger partial charge in [0, 0.05) is 5.02 Å². The molecule has 0 saturated carbocycles. The molecule has 0 amide bonds. The van der Waals surface area contributed by atoms with Crippen LogP contribution in [0, 0.1) is 10.1 Å². The van der Waals surface area contributed by atoms with Crippen LogP contribution in [-0.2, 0) is 0 Å². The zero-order chi connectivity index (χ0) is 22.5. The van der Waals surface area contributed by atoms with Gasteiger partial charge in [-0.2, -0.15) is 0 Å². The quantitative estimate of drug-likeness (QED) is 0.247. The summed E-state index contributed by atoms with van der Waals surface area (Å²) < 4.78 is 0. The molecule has 0 aliphatic rings. The lowest BCUT2D eigenvalue weighted by molar-refractivity contribution is -0.382. The highest BCUT2D eigenvalue weighted by molar-refractivity contribution is 6.69. The predicted molar refractivity (Wildman–Crippen MR) is 154 cm³/mol. The Morgan fingerprint density at radius 3 is 1.53 bits per heavy atom. The summed E-state index contributed by atoms with van der Waals surface area (Å²) in [7, 11) is 16.2. The molecule has 12 heteroatoms. The number of nitro groups is 1. The molecule has 3 aromatic carbocycles. The minimum atomic E-state index is -0.275. The minimum absolute atomic E-state index is 0.137. The molecule has 0 saturated heterocycles. The van der Waals surface area contributed by atoms with E-state index in [1.54, 1.807) is 7.85 Å². The van der Waals surface area contributed by atoms with Crippen molar-refractivity contribution in [2.24, 2.45) is 0 Å². The van der Waals surface area contributed by atoms with Gasteiger partial charge in [-0.3, -0.25) is 10.1 Å². The molecule has 140 valence electrons. The summed E-state index contributed by atoms with van der Waals surface area (Å²) in [5.41, 5.74) is 12.1. The molecule has 0 unspecified atom stereocenters. The van der Waals surface area contributed by atoms with E-state index in [-0.39, 0.29) is 10.6 Å². The van der Waals surface area contributed by atoms with Crippen molar-refractivity contribution in [2.45, 2.75) is 0 Å². The third-order valence-corrected chi connectivity index (χ3v) is 7.40. The van der Waals surface area contributed by atoms with E-state index in [4.69, 9.17) is 11.6 Å². The number of nitro benzene ring substituents is 1. The SMILES string of the molecule is Bc1c(B)c(B)c(-c2ccccc2-c2c(B)c(Cl)c(B)c(B)c2[N+](=O)[O-])c(B)c1B. The summed E-state index contributed by atoms with van der Waals surface area (Å²) >= 11 is 6.62. The highest BCUT2D eigenvalue weighted by Gasteiger charge is 2.27. The lowest BCUT2D eigenvalue weighted by atomic mass is 9.59. The van der Waals surface area contributed by atoms with Crippen molar-refractivity contribution < 1.29 is 4.92 Å². The normalized spacial score (nSPS) is 10.8. The fourth-order valence-corrected chi connectivity index (χ4v) is 4.72. The maximum atomic E-state index is 12.1. The molecule has 0 aliphatic heterocycles. The van der Waals surface area contributed by atoms with E-state index in [9.17, 15) is 10.1 Å². The summed E-state index contributed by atoms with van der Waals surface area (Å²) in [5, 5.41) is 12.7. The number of rotatable bonds is 3. The van der Waals surface area contributed by atoms with Crippen LogP contribution in [-0.4, -0.2) is 67.7 Å². The fourth-order valence-electron chi connectivity index (χ4n) is 4.48. The number of halogens is 1. The van der Waals surface area contributed by atoms with Gasteiger partial charge in [-0.05, 0) is 22.2 Å². The van der Waals surface area contributed by atoms with Gasteiger partial charge in [0.15, 0.2) is 0 Å². The van der Waals surface area contributed by atoms with Gasteiger partial charge in [0.2, 0.25) is 0 Å². The van der Waals surface area contributed by atoms with Gasteiger partial charge < -0.3 is 0 Å². The van der Waals surface area contributed by atoms with E-state index in [1.807, 2.05) is 33.9 Å². The largest absolute Gasteiger partial charge is 0.269 e. The Morgan fingerprint density at radius 2 is 1.07 bits per heavy atom. The second-order valence-corrected chi connectivity index (χ2v) is 8.59. The minimum Gasteiger partial charge on any atom is -0.258 e. The lowest BCUT2D eigenvalue weighted by Gasteiger charge is -2.23. The smallest absolute Gasteiger partial charge is 0.258 e. The highest BCUT2D eigenvalue weighted by atomic mass is 35.5. The molecule has 0 fully saturated rings. The molecule has 0 N–H and O–H groups in total. The van der Waals surface area contributed by atoms with Crippen LogP contribution >= 0.6 is 11.6 Å². The van der Waals surface area contributed by atoms with Crippen LogP contribution in [0.1, 0.15) is 0 Å². The van der Waals surface area contributed by atoms with E-state index in [0.29, 0.717) is 16.0 Å². The first-order valence-corrected chi connectivity index (χ1v) is 10.5. The van der Waals surface area contributed by atoms with Crippen LogP contribution in [0.15, 0.2) is 24.3 Å². The fraction of sp³-hybridized carbons (Fsp3) is 0. The van der Waals surface area contributed by atoms with Crippen molar-refractivity contribution in [3.05, 3.63) is 39.4 Å². The molecule has 0 aliphatic carbocycles. The Hall–Kier alpha value is -2.13. The van der Waals surface area contributed by atoms with E-state index in [2.05, 4.69) is 45.3 Å². The van der Waals surface area contributed by atoms with E-state index in [0.717, 1.165) is 27.6 Å². The Balaban J connectivity index is 2.52. The van der Waals surface area contributed by atoms with Crippen molar-refractivity contribution >= 4 is 124 Å². The predicted octanol–water partition coefficient (Wildman–Crippen LogP) is -8.35. The first kappa shape index (κ1) is 22.6. The average Bonchev–Trinajstić information content (AvgIpc) is 2.72. The van der Waals surface area contributed by atoms with E-state index in [1.165, 1.54) is 27.3 Å². The molecule has 3 rings (SSSR count). The molecule has 3 nitrogen and oxygen atoms in total. The first-order valence-electron chi connectivity index (χ1n) is 10.1. The van der Waals surface area contributed by atoms with E-state index >= 15 is 0 Å². The van der Waals surface area contributed by atoms with Crippen molar-refractivity contribution in [1.82, 2.24) is 0 Å². The summed E-state index contributed by atoms with van der Waals surface area (Å²) in [6.45, 7) is 0. The molecule has 0 aromatic heterocycles. The third-order valence-electron chi connectivity index (χ3n) is 6.84. The number of hydrogen-bond donors (Lipinski definition) is 0. The van der Waals surface area contributed by atoms with Crippen LogP contribution in [0.3, 0.4) is 0 Å². The summed E-state index contributed by atoms with van der Waals surface area (Å²) in [6, 6.07) is 7.96. The summed E-state index contributed by atoms with van der Waals surface area (Å²) in [4.78, 5) is 11.9. The highest BCUT2D eigenvalue weighted by Crippen LogP contribution is 2.34. The van der Waals surface area contributed by atoms with Gasteiger partial charge in [0.05, 0.1) is 10.5 Å². The van der Waals surface area contributed by atoms with Gasteiger partial charge in [0.1, 0.15) is 62.8 Å². The van der Waals surface area contributed by atoms with E-state index < -0.39 is 0 Å². The number of hydrogen-bond acceptors (Lipinski definition) is 2. The maximum Gasteiger partial charge on any atom is 0.269 e. The van der Waals surface area contributed by atoms with Crippen LogP contribution in [0.2, 0.25) is 5.02 Å². The van der Waals surface area contributed by atoms with Crippen LogP contribution in [0.5, 0.6) is 0 Å². The van der Waals surface area contributed by atoms with Gasteiger partial charge in [-0.1, -0.05) is 57.7 Å². The Bertz CT molecular complexity index is 1200. The van der Waals surface area contributed by atoms with Crippen molar-refractivity contribution in [3.63, 3.8) is 0 Å². The molecule has 0 spiro atoms. The van der Waals surface area contributed by atoms with Crippen LogP contribution in [0.4, 0.5) is 5.69 Å². The maximum absolute atomic E-state index is 12.1. The second kappa shape index (κ2) is 8.19. The molecular weight excluding hydrogens is 384 g/mol. The average molecular weight is 404 g/mol. The molecule has 0 atom stereocenters. The zero-order valence-corrected chi connectivity index (χ0v) is 19.7. The number of nitrogens with zero attached hydrogens (tertiary/aromatic N) is 1. The Morgan fingerprint density at radius 1 is 0.633 bits per heavy atom.